The zero-order valence-corrected chi connectivity index (χ0v) is 24.1. The Hall–Kier alpha value is -2.18. The second kappa shape index (κ2) is 14.5. The molecule has 0 radical (unpaired) electrons. The Balaban J connectivity index is 5.57. The summed E-state index contributed by atoms with van der Waals surface area (Å²) in [6, 6.07) is -2.44. The highest BCUT2D eigenvalue weighted by molar-refractivity contribution is 7.89. The average Bonchev–Trinajstić information content (AvgIpc) is 2.68. The highest BCUT2D eigenvalue weighted by Crippen LogP contribution is 2.25. The molecule has 210 valence electrons. The van der Waals surface area contributed by atoms with Gasteiger partial charge in [-0.15, -0.1) is 0 Å². The number of ether oxygens (including phenoxy) is 1. The van der Waals surface area contributed by atoms with Crippen LogP contribution in [-0.4, -0.2) is 54.6 Å². The number of nitrogens with one attached hydrogen (secondary N) is 4. The van der Waals surface area contributed by atoms with Crippen molar-refractivity contribution in [2.24, 2.45) is 11.8 Å². The fourth-order valence-electron chi connectivity index (χ4n) is 3.61. The number of carbonyl (C=O) groups is 3. The van der Waals surface area contributed by atoms with Crippen LogP contribution >= 0.6 is 0 Å². The van der Waals surface area contributed by atoms with Gasteiger partial charge in [0.15, 0.2) is 0 Å². The van der Waals surface area contributed by atoms with E-state index < -0.39 is 51.8 Å². The van der Waals surface area contributed by atoms with Gasteiger partial charge in [-0.1, -0.05) is 41.5 Å². The zero-order valence-electron chi connectivity index (χ0n) is 23.3. The number of amides is 3. The quantitative estimate of drug-likeness (QED) is 0.178. The summed E-state index contributed by atoms with van der Waals surface area (Å²) >= 11 is 0. The highest BCUT2D eigenvalue weighted by Gasteiger charge is 2.29. The van der Waals surface area contributed by atoms with Crippen LogP contribution in [0.2, 0.25) is 0 Å². The first-order valence-electron chi connectivity index (χ1n) is 12.4. The summed E-state index contributed by atoms with van der Waals surface area (Å²) in [5.74, 6) is -1.13. The molecule has 0 unspecified atom stereocenters. The third kappa shape index (κ3) is 12.2. The summed E-state index contributed by atoms with van der Waals surface area (Å²) in [7, 11) is -4.42. The van der Waals surface area contributed by atoms with E-state index in [2.05, 4.69) is 21.5 Å². The molecule has 3 atom stereocenters. The lowest BCUT2D eigenvalue weighted by Gasteiger charge is -2.28. The molecule has 3 amide bonds. The van der Waals surface area contributed by atoms with Crippen molar-refractivity contribution in [1.29, 1.82) is 0 Å². The fourth-order valence-corrected chi connectivity index (χ4v) is 4.60. The molecule has 0 aromatic rings. The maximum atomic E-state index is 13.0. The first-order chi connectivity index (χ1) is 16.3. The van der Waals surface area contributed by atoms with Crippen LogP contribution in [0, 0.1) is 11.8 Å². The van der Waals surface area contributed by atoms with E-state index in [1.54, 1.807) is 48.5 Å². The predicted octanol–water partition coefficient (Wildman–Crippen LogP) is 3.04. The van der Waals surface area contributed by atoms with Crippen molar-refractivity contribution in [1.82, 2.24) is 21.5 Å². The zero-order chi connectivity index (χ0) is 28.4. The van der Waals surface area contributed by atoms with Gasteiger partial charge in [0.1, 0.15) is 17.7 Å². The van der Waals surface area contributed by atoms with E-state index in [0.29, 0.717) is 18.4 Å². The Labute approximate surface area is 216 Å². The number of hydrazine groups is 1. The highest BCUT2D eigenvalue weighted by atomic mass is 32.2. The van der Waals surface area contributed by atoms with Crippen LogP contribution in [0.25, 0.3) is 0 Å². The lowest BCUT2D eigenvalue weighted by Crippen LogP contribution is -2.58. The maximum absolute atomic E-state index is 13.0. The van der Waals surface area contributed by atoms with Crippen molar-refractivity contribution in [2.45, 2.75) is 112 Å². The lowest BCUT2D eigenvalue weighted by molar-refractivity contribution is -0.130. The molecule has 0 fully saturated rings. The van der Waals surface area contributed by atoms with Crippen molar-refractivity contribution in [3.8, 4) is 0 Å². The van der Waals surface area contributed by atoms with Crippen LogP contribution in [-0.2, 0) is 24.4 Å². The average molecular weight is 535 g/mol. The van der Waals surface area contributed by atoms with Crippen molar-refractivity contribution < 1.29 is 32.1 Å². The van der Waals surface area contributed by atoms with E-state index >= 15 is 0 Å². The minimum Gasteiger partial charge on any atom is -0.443 e. The normalized spacial score (nSPS) is 15.6. The number of allylic oxidation sites excluding steroid dienone is 1. The summed E-state index contributed by atoms with van der Waals surface area (Å²) < 4.78 is 38.7. The topological polar surface area (TPSA) is 163 Å². The Morgan fingerprint density at radius 2 is 1.47 bits per heavy atom. The van der Waals surface area contributed by atoms with Gasteiger partial charge < -0.3 is 15.4 Å². The van der Waals surface area contributed by atoms with E-state index in [9.17, 15) is 27.4 Å². The molecule has 0 aliphatic carbocycles. The molecule has 5 N–H and O–H groups in total. The van der Waals surface area contributed by atoms with Gasteiger partial charge in [0.05, 0.1) is 10.9 Å². The molecule has 11 nitrogen and oxygen atoms in total. The first-order valence-corrected chi connectivity index (χ1v) is 13.8. The second-order valence-corrected chi connectivity index (χ2v) is 12.0. The van der Waals surface area contributed by atoms with Gasteiger partial charge in [-0.2, -0.15) is 8.42 Å². The van der Waals surface area contributed by atoms with Gasteiger partial charge in [-0.3, -0.25) is 19.6 Å². The molecule has 0 saturated carbocycles. The Bertz CT molecular complexity index is 893. The molecule has 0 aromatic carbocycles. The number of hydrogen-bond acceptors (Lipinski definition) is 7. The maximum Gasteiger partial charge on any atom is 0.422 e. The molecular weight excluding hydrogens is 488 g/mol. The predicted molar refractivity (Wildman–Crippen MR) is 139 cm³/mol. The fraction of sp³-hybridized carbons (Fsp3) is 0.792. The van der Waals surface area contributed by atoms with Crippen LogP contribution in [0.3, 0.4) is 0 Å². The molecule has 36 heavy (non-hydrogen) atoms. The smallest absolute Gasteiger partial charge is 0.422 e. The minimum atomic E-state index is -4.42. The van der Waals surface area contributed by atoms with Gasteiger partial charge in [-0.05, 0) is 64.4 Å². The van der Waals surface area contributed by atoms with Gasteiger partial charge in [0.2, 0.25) is 11.8 Å². The number of rotatable bonds is 13. The molecule has 0 saturated heterocycles. The first kappa shape index (κ1) is 33.8. The standard InChI is InChI=1S/C24H46N4O7S/c1-11-17(19(12-2)36(32,33)34)18(13-14(3)4)26-21(29)16(7)25-22(30)20(15(5)6)27-28-23(31)35-24(8,9)10/h14-16,18,20,27H,11-13H2,1-10H3,(H,25,30)(H,26,29)(H,28,31)(H,32,33,34)/t16-,18-,20-/m0/s1. The number of hydrogen-bond donors (Lipinski definition) is 5. The number of carbonyl (C=O) groups excluding carboxylic acids is 3. The van der Waals surface area contributed by atoms with Gasteiger partial charge in [0.25, 0.3) is 10.1 Å². The van der Waals surface area contributed by atoms with Crippen molar-refractivity contribution in [2.75, 3.05) is 0 Å². The third-order valence-electron chi connectivity index (χ3n) is 5.25. The van der Waals surface area contributed by atoms with Crippen molar-refractivity contribution in [3.05, 3.63) is 10.5 Å². The summed E-state index contributed by atoms with van der Waals surface area (Å²) in [5, 5.41) is 5.47. The van der Waals surface area contributed by atoms with E-state index in [1.807, 2.05) is 13.8 Å². The van der Waals surface area contributed by atoms with Gasteiger partial charge in [0, 0.05) is 0 Å². The molecule has 0 heterocycles. The van der Waals surface area contributed by atoms with Crippen molar-refractivity contribution in [3.63, 3.8) is 0 Å². The molecule has 0 aromatic heterocycles. The van der Waals surface area contributed by atoms with E-state index in [0.717, 1.165) is 0 Å². The molecule has 0 aliphatic heterocycles. The largest absolute Gasteiger partial charge is 0.443 e. The monoisotopic (exact) mass is 534 g/mol. The van der Waals surface area contributed by atoms with Gasteiger partial charge in [-0.25, -0.2) is 10.2 Å². The van der Waals surface area contributed by atoms with E-state index in [1.165, 1.54) is 6.92 Å². The third-order valence-corrected chi connectivity index (χ3v) is 6.42. The van der Waals surface area contributed by atoms with Crippen LogP contribution < -0.4 is 21.5 Å². The molecule has 12 heteroatoms. The van der Waals surface area contributed by atoms with E-state index in [-0.39, 0.29) is 23.2 Å². The Morgan fingerprint density at radius 1 is 0.917 bits per heavy atom. The molecule has 0 rings (SSSR count). The summed E-state index contributed by atoms with van der Waals surface area (Å²) in [6.45, 7) is 17.5. The SMILES string of the molecule is CCC(=C(CC)S(=O)(=O)O)[C@H](CC(C)C)NC(=O)[C@H](C)NC(=O)[C@@H](NNC(=O)OC(C)(C)C)C(C)C. The Kier molecular flexibility index (Phi) is 13.7. The molecular formula is C24H46N4O7S. The van der Waals surface area contributed by atoms with Crippen LogP contribution in [0.1, 0.15) is 88.5 Å². The van der Waals surface area contributed by atoms with E-state index in [4.69, 9.17) is 4.74 Å². The lowest BCUT2D eigenvalue weighted by atomic mass is 9.94. The summed E-state index contributed by atoms with van der Waals surface area (Å²) in [5.41, 5.74) is 4.73. The van der Waals surface area contributed by atoms with Crippen LogP contribution in [0.4, 0.5) is 4.79 Å². The van der Waals surface area contributed by atoms with Crippen LogP contribution in [0.15, 0.2) is 10.5 Å². The molecule has 0 aliphatic rings. The minimum absolute atomic E-state index is 0.0884. The van der Waals surface area contributed by atoms with Gasteiger partial charge >= 0.3 is 6.09 Å². The summed E-state index contributed by atoms with van der Waals surface area (Å²) in [6.07, 6.45) is 0.111. The summed E-state index contributed by atoms with van der Waals surface area (Å²) in [4.78, 5) is 37.7. The molecule has 0 spiro atoms. The molecule has 0 bridgehead atoms. The van der Waals surface area contributed by atoms with Crippen LogP contribution in [0.5, 0.6) is 0 Å². The second-order valence-electron chi connectivity index (χ2n) is 10.5. The Morgan fingerprint density at radius 3 is 1.86 bits per heavy atom. The van der Waals surface area contributed by atoms with Crippen molar-refractivity contribution >= 4 is 28.0 Å².